The molecule has 304 valence electrons. The first kappa shape index (κ1) is 48.4. The van der Waals surface area contributed by atoms with Crippen LogP contribution in [0.3, 0.4) is 0 Å². The number of hydrogen-bond acceptors (Lipinski definition) is 10. The van der Waals surface area contributed by atoms with Gasteiger partial charge in [-0.15, -0.1) is 0 Å². The number of carbonyl (C=O) groups is 2. The van der Waals surface area contributed by atoms with Crippen LogP contribution < -0.4 is 0 Å². The number of aliphatic hydroxyl groups is 4. The Morgan fingerprint density at radius 1 is 0.604 bits per heavy atom. The first-order valence-corrected chi connectivity index (χ1v) is 20.4. The Bertz CT molecular complexity index is 1050. The van der Waals surface area contributed by atoms with Gasteiger partial charge in [0, 0.05) is 12.8 Å². The lowest BCUT2D eigenvalue weighted by Crippen LogP contribution is -2.59. The largest absolute Gasteiger partial charge is 0.462 e. The van der Waals surface area contributed by atoms with Crippen molar-refractivity contribution in [2.24, 2.45) is 0 Å². The van der Waals surface area contributed by atoms with Crippen LogP contribution in [0.15, 0.2) is 60.8 Å². The summed E-state index contributed by atoms with van der Waals surface area (Å²) in [5, 5.41) is 40.0. The Kier molecular flexibility index (Phi) is 31.0. The van der Waals surface area contributed by atoms with E-state index >= 15 is 0 Å². The summed E-state index contributed by atoms with van der Waals surface area (Å²) in [5.41, 5.74) is 0. The van der Waals surface area contributed by atoms with E-state index in [1.54, 1.807) is 0 Å². The van der Waals surface area contributed by atoms with E-state index in [2.05, 4.69) is 74.6 Å². The van der Waals surface area contributed by atoms with E-state index in [-0.39, 0.29) is 26.1 Å². The highest BCUT2D eigenvalue weighted by Crippen LogP contribution is 2.22. The molecular formula is C43H72O10. The number of rotatable bonds is 32. The molecule has 0 spiro atoms. The van der Waals surface area contributed by atoms with Crippen LogP contribution in [0.25, 0.3) is 0 Å². The van der Waals surface area contributed by atoms with Crippen LogP contribution in [0.1, 0.15) is 142 Å². The summed E-state index contributed by atoms with van der Waals surface area (Å²) in [6, 6.07) is 0. The summed E-state index contributed by atoms with van der Waals surface area (Å²) in [6.45, 7) is 3.21. The van der Waals surface area contributed by atoms with Gasteiger partial charge in [-0.05, 0) is 77.0 Å². The lowest BCUT2D eigenvalue weighted by atomic mass is 9.99. The second kappa shape index (κ2) is 33.9. The number of aliphatic hydroxyl groups excluding tert-OH is 4. The van der Waals surface area contributed by atoms with Crippen LogP contribution in [0.2, 0.25) is 0 Å². The quantitative estimate of drug-likeness (QED) is 0.0304. The highest BCUT2D eigenvalue weighted by Gasteiger charge is 2.44. The van der Waals surface area contributed by atoms with Gasteiger partial charge in [-0.3, -0.25) is 9.59 Å². The van der Waals surface area contributed by atoms with E-state index in [0.29, 0.717) is 12.8 Å². The number of esters is 2. The zero-order valence-electron chi connectivity index (χ0n) is 32.7. The zero-order valence-corrected chi connectivity index (χ0v) is 32.7. The zero-order chi connectivity index (χ0) is 38.8. The van der Waals surface area contributed by atoms with Crippen molar-refractivity contribution in [3.8, 4) is 0 Å². The number of ether oxygens (including phenoxy) is 4. The van der Waals surface area contributed by atoms with Gasteiger partial charge >= 0.3 is 11.9 Å². The maximum absolute atomic E-state index is 12.7. The molecule has 1 fully saturated rings. The molecule has 0 aromatic carbocycles. The van der Waals surface area contributed by atoms with E-state index in [4.69, 9.17) is 18.9 Å². The van der Waals surface area contributed by atoms with Crippen molar-refractivity contribution in [3.05, 3.63) is 60.8 Å². The van der Waals surface area contributed by atoms with Crippen LogP contribution >= 0.6 is 0 Å². The van der Waals surface area contributed by atoms with Crippen LogP contribution in [0.5, 0.6) is 0 Å². The van der Waals surface area contributed by atoms with Crippen molar-refractivity contribution in [2.45, 2.75) is 179 Å². The highest BCUT2D eigenvalue weighted by atomic mass is 16.7. The molecule has 1 aliphatic rings. The maximum atomic E-state index is 12.7. The van der Waals surface area contributed by atoms with Gasteiger partial charge in [0.1, 0.15) is 31.0 Å². The molecule has 4 N–H and O–H groups in total. The molecule has 0 radical (unpaired) electrons. The van der Waals surface area contributed by atoms with Crippen molar-refractivity contribution in [1.82, 2.24) is 0 Å². The predicted molar refractivity (Wildman–Crippen MR) is 210 cm³/mol. The first-order valence-electron chi connectivity index (χ1n) is 20.4. The Labute approximate surface area is 320 Å². The van der Waals surface area contributed by atoms with Crippen LogP contribution in [0.4, 0.5) is 0 Å². The smallest absolute Gasteiger partial charge is 0.306 e. The van der Waals surface area contributed by atoms with Crippen LogP contribution in [-0.4, -0.2) is 89.0 Å². The van der Waals surface area contributed by atoms with E-state index < -0.39 is 55.4 Å². The third-order valence-electron chi connectivity index (χ3n) is 8.89. The fourth-order valence-electron chi connectivity index (χ4n) is 5.64. The third-order valence-corrected chi connectivity index (χ3v) is 8.89. The highest BCUT2D eigenvalue weighted by molar-refractivity contribution is 5.70. The van der Waals surface area contributed by atoms with Gasteiger partial charge < -0.3 is 39.4 Å². The van der Waals surface area contributed by atoms with Gasteiger partial charge in [-0.1, -0.05) is 113 Å². The second-order valence-electron chi connectivity index (χ2n) is 13.7. The molecule has 1 saturated heterocycles. The van der Waals surface area contributed by atoms with Crippen molar-refractivity contribution < 1.29 is 49.0 Å². The van der Waals surface area contributed by atoms with Gasteiger partial charge in [0.25, 0.3) is 0 Å². The summed E-state index contributed by atoms with van der Waals surface area (Å²) in [7, 11) is 0. The minimum absolute atomic E-state index is 0.173. The Balaban J connectivity index is 2.43. The predicted octanol–water partition coefficient (Wildman–Crippen LogP) is 7.88. The molecule has 0 aromatic rings. The standard InChI is InChI=1S/C43H72O10/c1-3-5-7-9-11-13-15-17-18-20-22-24-26-28-30-32-39(46)52-36(35-51-43-42(49)41(48)40(47)37(33-44)53-43)34-50-38(45)31-29-27-25-23-21-19-16-14-12-10-8-6-4-2/h5,7,11,13-14,16-18,22,24,36-37,40-44,47-49H,3-4,6,8-10,12,15,19-21,23,25-35H2,1-2H3/b7-5-,13-11-,16-14-,18-17-,24-22-. The topological polar surface area (TPSA) is 152 Å². The second-order valence-corrected chi connectivity index (χ2v) is 13.7. The average molecular weight is 749 g/mol. The van der Waals surface area contributed by atoms with E-state index in [1.165, 1.54) is 25.7 Å². The minimum Gasteiger partial charge on any atom is -0.462 e. The summed E-state index contributed by atoms with van der Waals surface area (Å²) in [6.07, 6.45) is 32.3. The summed E-state index contributed by atoms with van der Waals surface area (Å²) in [4.78, 5) is 25.2. The van der Waals surface area contributed by atoms with Crippen LogP contribution in [0, 0.1) is 0 Å². The molecule has 1 rings (SSSR count). The molecule has 0 saturated carbocycles. The van der Waals surface area contributed by atoms with Crippen molar-refractivity contribution in [2.75, 3.05) is 19.8 Å². The van der Waals surface area contributed by atoms with Gasteiger partial charge in [0.15, 0.2) is 12.4 Å². The molecule has 0 amide bonds. The summed E-state index contributed by atoms with van der Waals surface area (Å²) >= 11 is 0. The average Bonchev–Trinajstić information content (AvgIpc) is 3.15. The molecular weight excluding hydrogens is 676 g/mol. The molecule has 6 atom stereocenters. The van der Waals surface area contributed by atoms with Crippen molar-refractivity contribution >= 4 is 11.9 Å². The third kappa shape index (κ3) is 25.9. The Morgan fingerprint density at radius 2 is 1.11 bits per heavy atom. The lowest BCUT2D eigenvalue weighted by Gasteiger charge is -2.39. The van der Waals surface area contributed by atoms with E-state index in [1.807, 2.05) is 0 Å². The fourth-order valence-corrected chi connectivity index (χ4v) is 5.64. The number of unbranched alkanes of at least 4 members (excludes halogenated alkanes) is 11. The molecule has 10 heteroatoms. The van der Waals surface area contributed by atoms with Gasteiger partial charge in [0.05, 0.1) is 13.2 Å². The lowest BCUT2D eigenvalue weighted by molar-refractivity contribution is -0.305. The fraction of sp³-hybridized carbons (Fsp3) is 0.721. The van der Waals surface area contributed by atoms with Crippen molar-refractivity contribution in [1.29, 1.82) is 0 Å². The van der Waals surface area contributed by atoms with E-state index in [9.17, 15) is 30.0 Å². The molecule has 0 aromatic heterocycles. The van der Waals surface area contributed by atoms with Crippen LogP contribution in [-0.2, 0) is 28.5 Å². The summed E-state index contributed by atoms with van der Waals surface area (Å²) < 4.78 is 22.0. The Hall–Kier alpha value is -2.60. The molecule has 0 aliphatic carbocycles. The van der Waals surface area contributed by atoms with Crippen molar-refractivity contribution in [3.63, 3.8) is 0 Å². The maximum Gasteiger partial charge on any atom is 0.306 e. The molecule has 1 heterocycles. The SMILES string of the molecule is CC/C=C\C/C=C\C/C=C\C/C=C\CCCCC(=O)OC(COC(=O)CCCCCCC/C=C\CCCCCC)COC1OC(CO)C(O)C(O)C1O. The van der Waals surface area contributed by atoms with Gasteiger partial charge in [-0.2, -0.15) is 0 Å². The minimum atomic E-state index is -1.60. The number of allylic oxidation sites excluding steroid dienone is 10. The molecule has 10 nitrogen and oxygen atoms in total. The number of hydrogen-bond donors (Lipinski definition) is 4. The first-order chi connectivity index (χ1) is 25.8. The monoisotopic (exact) mass is 749 g/mol. The molecule has 6 unspecified atom stereocenters. The molecule has 1 aliphatic heterocycles. The summed E-state index contributed by atoms with van der Waals surface area (Å²) in [5.74, 6) is -0.872. The van der Waals surface area contributed by atoms with Gasteiger partial charge in [0.2, 0.25) is 0 Å². The molecule has 53 heavy (non-hydrogen) atoms. The molecule has 0 bridgehead atoms. The normalized spacial score (nSPS) is 21.5. The number of carbonyl (C=O) groups excluding carboxylic acids is 2. The van der Waals surface area contributed by atoms with Gasteiger partial charge in [-0.25, -0.2) is 0 Å². The Morgan fingerprint density at radius 3 is 1.74 bits per heavy atom. The van der Waals surface area contributed by atoms with E-state index in [0.717, 1.165) is 77.0 Å².